The number of thiazole rings is 1. The fraction of sp³-hybridized carbons (Fsp3) is 0.158. The van der Waals surface area contributed by atoms with E-state index in [2.05, 4.69) is 10.3 Å². The van der Waals surface area contributed by atoms with Gasteiger partial charge in [0.25, 0.3) is 0 Å². The van der Waals surface area contributed by atoms with Gasteiger partial charge in [0.15, 0.2) is 15.0 Å². The number of hydrogen-bond donors (Lipinski definition) is 1. The zero-order valence-electron chi connectivity index (χ0n) is 14.3. The number of aromatic nitrogens is 1. The van der Waals surface area contributed by atoms with Gasteiger partial charge in [-0.15, -0.1) is 0 Å². The number of nitrogens with zero attached hydrogens (tertiary/aromatic N) is 1. The molecule has 7 heteroatoms. The Labute approximate surface area is 156 Å². The molecule has 1 N–H and O–H groups in total. The standard InChI is InChI=1S/C19H18N2O3S2/c1-13(26(2,23)24)18(22)21-19-20-16(14-9-5-3-6-10-14)17(25-19)15-11-7-4-8-12-15/h3-13H,1-2H3,(H,20,21,22)/t13-/m1/s1. The summed E-state index contributed by atoms with van der Waals surface area (Å²) in [5, 5.41) is 1.88. The lowest BCUT2D eigenvalue weighted by molar-refractivity contribution is -0.115. The van der Waals surface area contributed by atoms with Gasteiger partial charge >= 0.3 is 0 Å². The molecule has 5 nitrogen and oxygen atoms in total. The number of anilines is 1. The van der Waals surface area contributed by atoms with Crippen LogP contribution >= 0.6 is 11.3 Å². The molecule has 0 unspecified atom stereocenters. The van der Waals surface area contributed by atoms with Gasteiger partial charge in [-0.05, 0) is 12.5 Å². The van der Waals surface area contributed by atoms with Crippen molar-refractivity contribution in [3.63, 3.8) is 0 Å². The number of benzene rings is 2. The molecular weight excluding hydrogens is 368 g/mol. The van der Waals surface area contributed by atoms with E-state index in [0.717, 1.165) is 28.0 Å². The Bertz CT molecular complexity index is 956. The van der Waals surface area contributed by atoms with Crippen molar-refractivity contribution in [3.05, 3.63) is 60.7 Å². The van der Waals surface area contributed by atoms with Crippen LogP contribution in [0.1, 0.15) is 6.92 Å². The summed E-state index contributed by atoms with van der Waals surface area (Å²) in [5.41, 5.74) is 2.67. The van der Waals surface area contributed by atoms with Gasteiger partial charge in [0.2, 0.25) is 5.91 Å². The molecule has 0 saturated heterocycles. The molecule has 1 aromatic heterocycles. The molecule has 1 amide bonds. The molecule has 134 valence electrons. The van der Waals surface area contributed by atoms with Crippen LogP contribution in [-0.2, 0) is 14.6 Å². The van der Waals surface area contributed by atoms with Crippen LogP contribution in [0.15, 0.2) is 60.7 Å². The molecule has 0 fully saturated rings. The Morgan fingerprint density at radius 3 is 2.08 bits per heavy atom. The number of nitrogens with one attached hydrogen (secondary N) is 1. The van der Waals surface area contributed by atoms with Crippen molar-refractivity contribution in [2.24, 2.45) is 0 Å². The van der Waals surface area contributed by atoms with Crippen molar-refractivity contribution in [2.45, 2.75) is 12.2 Å². The molecule has 1 atom stereocenters. The Hall–Kier alpha value is -2.51. The zero-order valence-corrected chi connectivity index (χ0v) is 16.0. The first kappa shape index (κ1) is 18.3. The second-order valence-electron chi connectivity index (χ2n) is 5.89. The van der Waals surface area contributed by atoms with Crippen molar-refractivity contribution in [1.29, 1.82) is 0 Å². The number of amides is 1. The molecule has 1 heterocycles. The average molecular weight is 386 g/mol. The van der Waals surface area contributed by atoms with E-state index in [-0.39, 0.29) is 0 Å². The summed E-state index contributed by atoms with van der Waals surface area (Å²) in [5.74, 6) is -0.583. The highest BCUT2D eigenvalue weighted by atomic mass is 32.2. The van der Waals surface area contributed by atoms with Crippen LogP contribution in [-0.4, -0.2) is 30.8 Å². The highest BCUT2D eigenvalue weighted by molar-refractivity contribution is 7.92. The molecule has 0 aliphatic rings. The van der Waals surface area contributed by atoms with Crippen LogP contribution in [0.25, 0.3) is 21.7 Å². The van der Waals surface area contributed by atoms with E-state index < -0.39 is 21.0 Å². The highest BCUT2D eigenvalue weighted by Crippen LogP contribution is 2.38. The fourth-order valence-electron chi connectivity index (χ4n) is 2.35. The Balaban J connectivity index is 2.01. The predicted octanol–water partition coefficient (Wildman–Crippen LogP) is 3.85. The predicted molar refractivity (Wildman–Crippen MR) is 106 cm³/mol. The monoisotopic (exact) mass is 386 g/mol. The summed E-state index contributed by atoms with van der Waals surface area (Å²) < 4.78 is 23.2. The first-order valence-corrected chi connectivity index (χ1v) is 10.7. The number of hydrogen-bond acceptors (Lipinski definition) is 5. The number of rotatable bonds is 5. The molecule has 2 aromatic carbocycles. The molecular formula is C19H18N2O3S2. The maximum atomic E-state index is 12.2. The molecule has 0 saturated carbocycles. The molecule has 0 bridgehead atoms. The van der Waals surface area contributed by atoms with Crippen LogP contribution in [0.5, 0.6) is 0 Å². The Morgan fingerprint density at radius 2 is 1.54 bits per heavy atom. The molecule has 0 aliphatic carbocycles. The topological polar surface area (TPSA) is 76.1 Å². The summed E-state index contributed by atoms with van der Waals surface area (Å²) in [4.78, 5) is 17.7. The first-order valence-electron chi connectivity index (χ1n) is 7.97. The van der Waals surface area contributed by atoms with Crippen LogP contribution in [0.3, 0.4) is 0 Å². The average Bonchev–Trinajstić information content (AvgIpc) is 3.05. The first-order chi connectivity index (χ1) is 12.4. The van der Waals surface area contributed by atoms with Gasteiger partial charge < -0.3 is 5.32 Å². The summed E-state index contributed by atoms with van der Waals surface area (Å²) in [6.45, 7) is 1.37. The normalized spacial score (nSPS) is 12.5. The van der Waals surface area contributed by atoms with E-state index in [9.17, 15) is 13.2 Å². The van der Waals surface area contributed by atoms with E-state index in [4.69, 9.17) is 0 Å². The number of sulfone groups is 1. The number of carbonyl (C=O) groups is 1. The van der Waals surface area contributed by atoms with E-state index >= 15 is 0 Å². The largest absolute Gasteiger partial charge is 0.301 e. The van der Waals surface area contributed by atoms with E-state index in [1.165, 1.54) is 18.3 Å². The Kier molecular flexibility index (Phi) is 5.20. The van der Waals surface area contributed by atoms with Gasteiger partial charge in [0.05, 0.1) is 10.6 Å². The third-order valence-corrected chi connectivity index (χ3v) is 6.47. The molecule has 3 aromatic rings. The summed E-state index contributed by atoms with van der Waals surface area (Å²) in [7, 11) is -3.46. The smallest absolute Gasteiger partial charge is 0.244 e. The highest BCUT2D eigenvalue weighted by Gasteiger charge is 2.25. The van der Waals surface area contributed by atoms with Gasteiger partial charge in [-0.2, -0.15) is 0 Å². The van der Waals surface area contributed by atoms with Gasteiger partial charge in [-0.1, -0.05) is 72.0 Å². The molecule has 26 heavy (non-hydrogen) atoms. The van der Waals surface area contributed by atoms with Crippen LogP contribution in [0.2, 0.25) is 0 Å². The minimum Gasteiger partial charge on any atom is -0.301 e. The summed E-state index contributed by atoms with van der Waals surface area (Å²) in [6, 6.07) is 19.4. The van der Waals surface area contributed by atoms with Gasteiger partial charge in [-0.25, -0.2) is 13.4 Å². The van der Waals surface area contributed by atoms with Gasteiger partial charge in [0, 0.05) is 11.8 Å². The SMILES string of the molecule is C[C@H](C(=O)Nc1nc(-c2ccccc2)c(-c2ccccc2)s1)S(C)(=O)=O. The third-order valence-electron chi connectivity index (χ3n) is 3.95. The lowest BCUT2D eigenvalue weighted by Gasteiger charge is -2.07. The van der Waals surface area contributed by atoms with Crippen molar-refractivity contribution in [2.75, 3.05) is 11.6 Å². The van der Waals surface area contributed by atoms with Crippen LogP contribution < -0.4 is 5.32 Å². The molecule has 0 spiro atoms. The molecule has 0 radical (unpaired) electrons. The van der Waals surface area contributed by atoms with Crippen molar-refractivity contribution < 1.29 is 13.2 Å². The lowest BCUT2D eigenvalue weighted by atomic mass is 10.1. The van der Waals surface area contributed by atoms with Gasteiger partial charge in [-0.3, -0.25) is 4.79 Å². The maximum Gasteiger partial charge on any atom is 0.244 e. The minimum atomic E-state index is -3.46. The van der Waals surface area contributed by atoms with Crippen LogP contribution in [0.4, 0.5) is 5.13 Å². The Morgan fingerprint density at radius 1 is 1.00 bits per heavy atom. The summed E-state index contributed by atoms with van der Waals surface area (Å²) in [6.07, 6.45) is 1.05. The quantitative estimate of drug-likeness (QED) is 0.723. The minimum absolute atomic E-state index is 0.378. The number of carbonyl (C=O) groups excluding carboxylic acids is 1. The zero-order chi connectivity index (χ0) is 18.7. The van der Waals surface area contributed by atoms with Crippen molar-refractivity contribution in [3.8, 4) is 21.7 Å². The molecule has 3 rings (SSSR count). The lowest BCUT2D eigenvalue weighted by Crippen LogP contribution is -2.31. The van der Waals surface area contributed by atoms with E-state index in [1.54, 1.807) is 0 Å². The second-order valence-corrected chi connectivity index (χ2v) is 9.26. The molecule has 0 aliphatic heterocycles. The van der Waals surface area contributed by atoms with Crippen molar-refractivity contribution in [1.82, 2.24) is 4.98 Å². The third kappa shape index (κ3) is 4.00. The van der Waals surface area contributed by atoms with E-state index in [0.29, 0.717) is 5.13 Å². The fourth-order valence-corrected chi connectivity index (χ4v) is 3.80. The second kappa shape index (κ2) is 7.39. The van der Waals surface area contributed by atoms with Crippen molar-refractivity contribution >= 4 is 32.2 Å². The summed E-state index contributed by atoms with van der Waals surface area (Å²) >= 11 is 1.33. The van der Waals surface area contributed by atoms with Gasteiger partial charge in [0.1, 0.15) is 5.25 Å². The van der Waals surface area contributed by atoms with E-state index in [1.807, 2.05) is 60.7 Å². The van der Waals surface area contributed by atoms with Crippen LogP contribution in [0, 0.1) is 0 Å². The maximum absolute atomic E-state index is 12.2.